The molecule has 1 fully saturated rings. The first-order valence-electron chi connectivity index (χ1n) is 8.81. The van der Waals surface area contributed by atoms with E-state index in [1.54, 1.807) is 6.92 Å². The number of carbonyl (C=O) groups excluding carboxylic acids is 2. The van der Waals surface area contributed by atoms with Gasteiger partial charge in [0.05, 0.1) is 12.2 Å². The summed E-state index contributed by atoms with van der Waals surface area (Å²) in [6.45, 7) is 7.61. The van der Waals surface area contributed by atoms with Gasteiger partial charge in [-0.05, 0) is 57.8 Å². The Labute approximate surface area is 144 Å². The molecule has 0 radical (unpaired) electrons. The Bertz CT molecular complexity index is 568. The van der Waals surface area contributed by atoms with Crippen molar-refractivity contribution in [2.75, 3.05) is 6.61 Å². The molecule has 24 heavy (non-hydrogen) atoms. The molecule has 2 aliphatic rings. The first kappa shape index (κ1) is 19.1. The molecule has 1 saturated carbocycles. The maximum absolute atomic E-state index is 12.8. The average molecular weight is 334 g/mol. The van der Waals surface area contributed by atoms with Gasteiger partial charge < -0.3 is 15.0 Å². The van der Waals surface area contributed by atoms with E-state index < -0.39 is 17.4 Å². The third-order valence-electron chi connectivity index (χ3n) is 6.03. The third-order valence-corrected chi connectivity index (χ3v) is 6.03. The second-order valence-electron chi connectivity index (χ2n) is 8.29. The molecule has 0 aromatic carbocycles. The van der Waals surface area contributed by atoms with Crippen LogP contribution in [-0.2, 0) is 9.59 Å². The molecular formula is C20H30O4. The van der Waals surface area contributed by atoms with Crippen LogP contribution in [0.3, 0.4) is 0 Å². The lowest BCUT2D eigenvalue weighted by atomic mass is 9.64. The number of rotatable bonds is 5. The number of aliphatic hydroxyl groups excluding tert-OH is 1. The summed E-state index contributed by atoms with van der Waals surface area (Å²) in [5.74, 6) is -1.23. The molecule has 0 aromatic heterocycles. The summed E-state index contributed by atoms with van der Waals surface area (Å²) in [5, 5.41) is 20.3. The predicted octanol–water partition coefficient (Wildman–Crippen LogP) is 2.83. The second kappa shape index (κ2) is 6.93. The van der Waals surface area contributed by atoms with E-state index in [1.165, 1.54) is 5.57 Å². The van der Waals surface area contributed by atoms with Crippen LogP contribution < -0.4 is 0 Å². The summed E-state index contributed by atoms with van der Waals surface area (Å²) < 4.78 is 0. The van der Waals surface area contributed by atoms with Gasteiger partial charge in [-0.1, -0.05) is 24.6 Å². The van der Waals surface area contributed by atoms with Gasteiger partial charge in [0.25, 0.3) is 0 Å². The molecule has 0 heterocycles. The highest BCUT2D eigenvalue weighted by molar-refractivity contribution is 5.98. The van der Waals surface area contributed by atoms with Crippen LogP contribution in [0, 0.1) is 23.2 Å². The van der Waals surface area contributed by atoms with Gasteiger partial charge in [-0.15, -0.1) is 0 Å². The number of allylic oxidation sites excluding steroid dienone is 3. The number of aliphatic hydroxyl groups is 2. The number of fused-ring (bicyclic) bond motifs is 1. The van der Waals surface area contributed by atoms with E-state index in [-0.39, 0.29) is 30.1 Å². The molecule has 0 unspecified atom stereocenters. The highest BCUT2D eigenvalue weighted by Gasteiger charge is 2.58. The quantitative estimate of drug-likeness (QED) is 0.599. The van der Waals surface area contributed by atoms with Crippen LogP contribution in [-0.4, -0.2) is 34.5 Å². The maximum atomic E-state index is 12.8. The Morgan fingerprint density at radius 3 is 2.58 bits per heavy atom. The van der Waals surface area contributed by atoms with Gasteiger partial charge in [0.1, 0.15) is 6.29 Å². The highest BCUT2D eigenvalue weighted by Crippen LogP contribution is 2.56. The van der Waals surface area contributed by atoms with Crippen molar-refractivity contribution in [3.8, 4) is 0 Å². The van der Waals surface area contributed by atoms with Crippen molar-refractivity contribution in [3.05, 3.63) is 23.3 Å². The number of aldehydes is 1. The van der Waals surface area contributed by atoms with Crippen molar-refractivity contribution < 1.29 is 19.8 Å². The zero-order chi connectivity index (χ0) is 18.1. The molecule has 134 valence electrons. The third kappa shape index (κ3) is 3.40. The number of hydrogen-bond donors (Lipinski definition) is 2. The van der Waals surface area contributed by atoms with Gasteiger partial charge in [0.2, 0.25) is 0 Å². The van der Waals surface area contributed by atoms with Crippen LogP contribution in [0.1, 0.15) is 53.4 Å². The molecule has 2 aliphatic carbocycles. The minimum atomic E-state index is -1.16. The van der Waals surface area contributed by atoms with Crippen LogP contribution in [0.25, 0.3) is 0 Å². The predicted molar refractivity (Wildman–Crippen MR) is 93.3 cm³/mol. The van der Waals surface area contributed by atoms with E-state index in [0.29, 0.717) is 12.0 Å². The van der Waals surface area contributed by atoms with E-state index in [0.717, 1.165) is 19.1 Å². The van der Waals surface area contributed by atoms with Gasteiger partial charge in [-0.3, -0.25) is 4.79 Å². The molecule has 2 rings (SSSR count). The van der Waals surface area contributed by atoms with E-state index in [1.807, 2.05) is 6.08 Å². The average Bonchev–Trinajstić information content (AvgIpc) is 2.73. The highest BCUT2D eigenvalue weighted by atomic mass is 16.3. The molecule has 4 nitrogen and oxygen atoms in total. The number of carbonyl (C=O) groups is 2. The maximum Gasteiger partial charge on any atom is 0.164 e. The summed E-state index contributed by atoms with van der Waals surface area (Å²) in [4.78, 5) is 24.6. The Balaban J connectivity index is 2.44. The lowest BCUT2D eigenvalue weighted by Crippen LogP contribution is -2.40. The first-order valence-corrected chi connectivity index (χ1v) is 8.81. The summed E-state index contributed by atoms with van der Waals surface area (Å²) >= 11 is 0. The van der Waals surface area contributed by atoms with E-state index in [9.17, 15) is 19.8 Å². The van der Waals surface area contributed by atoms with Crippen LogP contribution >= 0.6 is 0 Å². The second-order valence-corrected chi connectivity index (χ2v) is 8.29. The molecular weight excluding hydrogens is 304 g/mol. The zero-order valence-electron chi connectivity index (χ0n) is 15.2. The minimum absolute atomic E-state index is 0.0990. The Morgan fingerprint density at radius 1 is 1.38 bits per heavy atom. The van der Waals surface area contributed by atoms with Crippen LogP contribution in [0.15, 0.2) is 23.3 Å². The molecule has 0 bridgehead atoms. The van der Waals surface area contributed by atoms with Crippen molar-refractivity contribution in [1.82, 2.24) is 0 Å². The minimum Gasteiger partial charge on any atom is -0.392 e. The van der Waals surface area contributed by atoms with Gasteiger partial charge in [-0.25, -0.2) is 0 Å². The molecule has 0 saturated heterocycles. The summed E-state index contributed by atoms with van der Waals surface area (Å²) in [5.41, 5.74) is 0.257. The van der Waals surface area contributed by atoms with Crippen molar-refractivity contribution in [2.45, 2.75) is 59.0 Å². The van der Waals surface area contributed by atoms with Crippen LogP contribution in [0.2, 0.25) is 0 Å². The Hall–Kier alpha value is -1.26. The van der Waals surface area contributed by atoms with Crippen molar-refractivity contribution in [2.24, 2.45) is 23.2 Å². The molecule has 0 aromatic rings. The smallest absolute Gasteiger partial charge is 0.164 e. The van der Waals surface area contributed by atoms with Crippen LogP contribution in [0.4, 0.5) is 0 Å². The zero-order valence-corrected chi connectivity index (χ0v) is 15.2. The van der Waals surface area contributed by atoms with E-state index in [2.05, 4.69) is 26.8 Å². The fourth-order valence-electron chi connectivity index (χ4n) is 4.68. The van der Waals surface area contributed by atoms with Crippen LogP contribution in [0.5, 0.6) is 0 Å². The van der Waals surface area contributed by atoms with Gasteiger partial charge in [-0.2, -0.15) is 0 Å². The van der Waals surface area contributed by atoms with Gasteiger partial charge in [0.15, 0.2) is 5.78 Å². The van der Waals surface area contributed by atoms with E-state index in [4.69, 9.17) is 0 Å². The lowest BCUT2D eigenvalue weighted by Gasteiger charge is -2.39. The summed E-state index contributed by atoms with van der Waals surface area (Å²) in [6.07, 6.45) is 7.52. The summed E-state index contributed by atoms with van der Waals surface area (Å²) in [7, 11) is 0. The molecule has 5 atom stereocenters. The topological polar surface area (TPSA) is 74.6 Å². The van der Waals surface area contributed by atoms with Gasteiger partial charge in [0, 0.05) is 17.4 Å². The molecule has 0 aliphatic heterocycles. The monoisotopic (exact) mass is 334 g/mol. The number of Topliss-reactive ketones (excluding diaryl/α,β-unsaturated/α-hetero) is 1. The largest absolute Gasteiger partial charge is 0.392 e. The van der Waals surface area contributed by atoms with Gasteiger partial charge >= 0.3 is 0 Å². The van der Waals surface area contributed by atoms with Crippen molar-refractivity contribution in [3.63, 3.8) is 0 Å². The Kier molecular flexibility index (Phi) is 5.50. The first-order chi connectivity index (χ1) is 11.2. The lowest BCUT2D eigenvalue weighted by molar-refractivity contribution is -0.124. The standard InChI is InChI=1S/C20H30O4/c1-13(2)6-5-8-19(3)9-7-14(11-21)18(23)15-10-20(4,24)16(12-22)17(15)19/h6-7,12,15-17,21,24H,5,8-11H2,1-4H3/t15-,16-,17+,19-,20-/m0/s1. The SMILES string of the molecule is CC(C)=CCC[C@@]1(C)CC=C(CO)C(=O)[C@H]2C[C@](C)(O)[C@@H](C=O)[C@@H]21. The van der Waals surface area contributed by atoms with E-state index >= 15 is 0 Å². The van der Waals surface area contributed by atoms with Crippen molar-refractivity contribution >= 4 is 12.1 Å². The fraction of sp³-hybridized carbons (Fsp3) is 0.700. The summed E-state index contributed by atoms with van der Waals surface area (Å²) in [6, 6.07) is 0. The fourth-order valence-corrected chi connectivity index (χ4v) is 4.68. The molecule has 2 N–H and O–H groups in total. The normalized spacial score (nSPS) is 39.0. The Morgan fingerprint density at radius 2 is 2.04 bits per heavy atom. The number of hydrogen-bond acceptors (Lipinski definition) is 4. The number of ketones is 1. The van der Waals surface area contributed by atoms with Crippen molar-refractivity contribution in [1.29, 1.82) is 0 Å². The molecule has 0 amide bonds. The molecule has 0 spiro atoms. The molecule has 4 heteroatoms.